The highest BCUT2D eigenvalue weighted by Crippen LogP contribution is 2.37. The van der Waals surface area contributed by atoms with Crippen molar-refractivity contribution in [2.24, 2.45) is 0 Å². The summed E-state index contributed by atoms with van der Waals surface area (Å²) in [4.78, 5) is 12.3. The van der Waals surface area contributed by atoms with E-state index in [1.54, 1.807) is 0 Å². The number of thiophene rings is 1. The summed E-state index contributed by atoms with van der Waals surface area (Å²) in [6.45, 7) is 11.7. The van der Waals surface area contributed by atoms with Crippen molar-refractivity contribution in [2.45, 2.75) is 46.0 Å². The number of aromatic amines is 1. The summed E-state index contributed by atoms with van der Waals surface area (Å²) in [5.41, 5.74) is 5.10. The largest absolute Gasteiger partial charge is 0.346 e. The lowest BCUT2D eigenvalue weighted by molar-refractivity contribution is -0.155. The summed E-state index contributed by atoms with van der Waals surface area (Å²) in [6, 6.07) is 11.3. The molecule has 26 heavy (non-hydrogen) atoms. The van der Waals surface area contributed by atoms with Crippen molar-refractivity contribution in [3.05, 3.63) is 46.3 Å². The molecule has 0 radical (unpaired) electrons. The quantitative estimate of drug-likeness (QED) is 0.615. The molecular formula is C22H28N2OS. The average Bonchev–Trinajstić information content (AvgIpc) is 3.28. The molecule has 4 heteroatoms. The van der Waals surface area contributed by atoms with Gasteiger partial charge in [0, 0.05) is 34.5 Å². The Hall–Kier alpha value is -1.62. The van der Waals surface area contributed by atoms with Gasteiger partial charge in [-0.2, -0.15) is 5.06 Å². The van der Waals surface area contributed by atoms with Crippen LogP contribution in [0, 0.1) is 13.8 Å². The molecule has 4 rings (SSSR count). The molecule has 1 aliphatic heterocycles. The number of benzene rings is 1. The molecule has 1 saturated heterocycles. The smallest absolute Gasteiger partial charge is 0.100 e. The van der Waals surface area contributed by atoms with E-state index in [1.807, 2.05) is 11.3 Å². The predicted octanol–water partition coefficient (Wildman–Crippen LogP) is 5.82. The number of nitrogens with one attached hydrogen (secondary N) is 1. The van der Waals surface area contributed by atoms with E-state index in [4.69, 9.17) is 4.84 Å². The first-order valence-corrected chi connectivity index (χ1v) is 10.3. The van der Waals surface area contributed by atoms with Gasteiger partial charge >= 0.3 is 0 Å². The first-order chi connectivity index (χ1) is 12.4. The molecule has 0 aliphatic carbocycles. The van der Waals surface area contributed by atoms with Gasteiger partial charge in [0.25, 0.3) is 0 Å². The fraction of sp³-hybridized carbons (Fsp3) is 0.455. The van der Waals surface area contributed by atoms with E-state index in [9.17, 15) is 0 Å². The van der Waals surface area contributed by atoms with Crippen LogP contribution in [0.4, 0.5) is 0 Å². The first-order valence-electron chi connectivity index (χ1n) is 9.50. The van der Waals surface area contributed by atoms with E-state index in [2.05, 4.69) is 68.1 Å². The first kappa shape index (κ1) is 17.8. The second-order valence-electron chi connectivity index (χ2n) is 8.25. The van der Waals surface area contributed by atoms with Crippen LogP contribution in [0.2, 0.25) is 0 Å². The fourth-order valence-corrected chi connectivity index (χ4v) is 4.82. The van der Waals surface area contributed by atoms with Crippen molar-refractivity contribution in [1.29, 1.82) is 0 Å². The minimum Gasteiger partial charge on any atom is -0.346 e. The minimum atomic E-state index is 0.0210. The Balaban J connectivity index is 1.55. The maximum Gasteiger partial charge on any atom is 0.100 e. The lowest BCUT2D eigenvalue weighted by atomic mass is 9.92. The Morgan fingerprint density at radius 3 is 2.38 bits per heavy atom. The monoisotopic (exact) mass is 368 g/mol. The van der Waals surface area contributed by atoms with Crippen LogP contribution in [-0.2, 0) is 10.3 Å². The molecule has 0 saturated carbocycles. The van der Waals surface area contributed by atoms with Gasteiger partial charge in [-0.15, -0.1) is 11.3 Å². The number of aromatic nitrogens is 1. The Morgan fingerprint density at radius 1 is 1.04 bits per heavy atom. The van der Waals surface area contributed by atoms with Crippen molar-refractivity contribution in [2.75, 3.05) is 19.7 Å². The van der Waals surface area contributed by atoms with E-state index < -0.39 is 0 Å². The van der Waals surface area contributed by atoms with Gasteiger partial charge in [-0.05, 0) is 56.5 Å². The molecular weight excluding hydrogens is 340 g/mol. The topological polar surface area (TPSA) is 28.3 Å². The molecule has 1 N–H and O–H groups in total. The number of hydrogen-bond donors (Lipinski definition) is 1. The van der Waals surface area contributed by atoms with Gasteiger partial charge in [-0.25, -0.2) is 0 Å². The number of hydrogen-bond acceptors (Lipinski definition) is 3. The summed E-state index contributed by atoms with van der Waals surface area (Å²) in [6.07, 6.45) is 2.51. The van der Waals surface area contributed by atoms with Gasteiger partial charge in [0.15, 0.2) is 0 Å². The number of fused-ring (bicyclic) bond motifs is 1. The van der Waals surface area contributed by atoms with Crippen molar-refractivity contribution in [1.82, 2.24) is 10.0 Å². The maximum atomic E-state index is 6.04. The number of H-pyrrole nitrogens is 1. The third-order valence-corrected chi connectivity index (χ3v) is 6.61. The van der Waals surface area contributed by atoms with Crippen LogP contribution in [-0.4, -0.2) is 29.7 Å². The van der Waals surface area contributed by atoms with E-state index in [1.165, 1.54) is 50.3 Å². The van der Waals surface area contributed by atoms with Gasteiger partial charge < -0.3 is 4.98 Å². The molecule has 0 spiro atoms. The number of aryl methyl sites for hydroxylation is 2. The van der Waals surface area contributed by atoms with Crippen molar-refractivity contribution < 1.29 is 4.84 Å². The third-order valence-electron chi connectivity index (χ3n) is 5.18. The fourth-order valence-electron chi connectivity index (χ4n) is 3.68. The zero-order valence-electron chi connectivity index (χ0n) is 16.2. The highest BCUT2D eigenvalue weighted by Gasteiger charge is 2.26. The SMILES string of the molecule is Cc1cc(C)cc(-c2cc3cc(C(C)(C)CON4CCCC4)sc3[nH]2)c1. The van der Waals surface area contributed by atoms with Gasteiger partial charge in [0.1, 0.15) is 4.83 Å². The van der Waals surface area contributed by atoms with Crippen LogP contribution >= 0.6 is 11.3 Å². The summed E-state index contributed by atoms with van der Waals surface area (Å²) < 4.78 is 0. The molecule has 138 valence electrons. The molecule has 1 aromatic carbocycles. The zero-order chi connectivity index (χ0) is 18.3. The van der Waals surface area contributed by atoms with E-state index >= 15 is 0 Å². The van der Waals surface area contributed by atoms with Crippen LogP contribution in [0.3, 0.4) is 0 Å². The Kier molecular flexibility index (Phi) is 4.68. The number of nitrogens with zero attached hydrogens (tertiary/aromatic N) is 1. The summed E-state index contributed by atoms with van der Waals surface area (Å²) in [5, 5.41) is 3.42. The predicted molar refractivity (Wildman–Crippen MR) is 111 cm³/mol. The normalized spacial score (nSPS) is 16.0. The highest BCUT2D eigenvalue weighted by molar-refractivity contribution is 7.18. The molecule has 3 heterocycles. The summed E-state index contributed by atoms with van der Waals surface area (Å²) >= 11 is 1.86. The number of hydroxylamine groups is 2. The lowest BCUT2D eigenvalue weighted by Gasteiger charge is -2.26. The lowest BCUT2D eigenvalue weighted by Crippen LogP contribution is -2.30. The average molecular weight is 369 g/mol. The van der Waals surface area contributed by atoms with Crippen LogP contribution in [0.5, 0.6) is 0 Å². The number of rotatable bonds is 5. The summed E-state index contributed by atoms with van der Waals surface area (Å²) in [5.74, 6) is 0. The molecule has 0 amide bonds. The van der Waals surface area contributed by atoms with Crippen molar-refractivity contribution in [3.8, 4) is 11.3 Å². The molecule has 3 nitrogen and oxygen atoms in total. The maximum absolute atomic E-state index is 6.04. The molecule has 1 aliphatic rings. The van der Waals surface area contributed by atoms with Crippen molar-refractivity contribution >= 4 is 21.6 Å². The van der Waals surface area contributed by atoms with Gasteiger partial charge in [-0.1, -0.05) is 31.0 Å². The molecule has 0 atom stereocenters. The Morgan fingerprint density at radius 2 is 1.73 bits per heavy atom. The van der Waals surface area contributed by atoms with Crippen LogP contribution in [0.1, 0.15) is 42.7 Å². The second kappa shape index (κ2) is 6.84. The highest BCUT2D eigenvalue weighted by atomic mass is 32.1. The minimum absolute atomic E-state index is 0.0210. The second-order valence-corrected chi connectivity index (χ2v) is 9.30. The molecule has 1 fully saturated rings. The molecule has 2 aromatic heterocycles. The molecule has 0 unspecified atom stereocenters. The van der Waals surface area contributed by atoms with Crippen LogP contribution in [0.15, 0.2) is 30.3 Å². The van der Waals surface area contributed by atoms with Crippen molar-refractivity contribution in [3.63, 3.8) is 0 Å². The van der Waals surface area contributed by atoms with E-state index in [0.717, 1.165) is 19.7 Å². The molecule has 3 aromatic rings. The van der Waals surface area contributed by atoms with Crippen LogP contribution < -0.4 is 0 Å². The van der Waals surface area contributed by atoms with Crippen LogP contribution in [0.25, 0.3) is 21.5 Å². The Labute approximate surface area is 159 Å². The third kappa shape index (κ3) is 3.59. The van der Waals surface area contributed by atoms with E-state index in [0.29, 0.717) is 0 Å². The summed E-state index contributed by atoms with van der Waals surface area (Å²) in [7, 11) is 0. The zero-order valence-corrected chi connectivity index (χ0v) is 17.0. The van der Waals surface area contributed by atoms with E-state index in [-0.39, 0.29) is 5.41 Å². The van der Waals surface area contributed by atoms with Gasteiger partial charge in [-0.3, -0.25) is 4.84 Å². The molecule has 0 bridgehead atoms. The standard InChI is InChI=1S/C22H28N2OS/c1-15-9-16(2)11-17(10-15)19-12-18-13-20(26-21(18)23-19)22(3,4)14-25-24-7-5-6-8-24/h9-13,23H,5-8,14H2,1-4H3. The Bertz CT molecular complexity index is 864. The van der Waals surface area contributed by atoms with Gasteiger partial charge in [0.05, 0.1) is 6.61 Å². The van der Waals surface area contributed by atoms with Gasteiger partial charge in [0.2, 0.25) is 0 Å².